The summed E-state index contributed by atoms with van der Waals surface area (Å²) in [4.78, 5) is 4.65. The molecule has 0 aliphatic rings. The third-order valence-electron chi connectivity index (χ3n) is 3.17. The molecular formula is C15H15N3O. The number of H-pyrrole nitrogens is 1. The zero-order valence-electron chi connectivity index (χ0n) is 10.9. The Bertz CT molecular complexity index is 746. The molecule has 3 rings (SSSR count). The molecule has 0 bridgehead atoms. The third-order valence-corrected chi connectivity index (χ3v) is 3.17. The first-order valence-corrected chi connectivity index (χ1v) is 6.21. The molecule has 0 atom stereocenters. The highest BCUT2D eigenvalue weighted by atomic mass is 16.3. The average Bonchev–Trinajstić information content (AvgIpc) is 2.83. The van der Waals surface area contributed by atoms with Gasteiger partial charge in [-0.05, 0) is 37.6 Å². The number of nitrogens with zero attached hydrogens (tertiary/aromatic N) is 2. The average molecular weight is 253 g/mol. The Hall–Kier alpha value is -2.20. The molecule has 0 fully saturated rings. The highest BCUT2D eigenvalue weighted by molar-refractivity contribution is 5.83. The number of hydrogen-bond acceptors (Lipinski definition) is 3. The number of pyridine rings is 1. The van der Waals surface area contributed by atoms with Crippen LogP contribution in [0.15, 0.2) is 30.3 Å². The summed E-state index contributed by atoms with van der Waals surface area (Å²) in [5.74, 6) is 0. The molecule has 19 heavy (non-hydrogen) atoms. The van der Waals surface area contributed by atoms with Crippen molar-refractivity contribution in [1.29, 1.82) is 0 Å². The Morgan fingerprint density at radius 3 is 2.68 bits per heavy atom. The molecule has 0 saturated heterocycles. The number of aliphatic hydroxyl groups excluding tert-OH is 1. The minimum absolute atomic E-state index is 0.0436. The molecule has 0 spiro atoms. The fourth-order valence-corrected chi connectivity index (χ4v) is 2.20. The van der Waals surface area contributed by atoms with E-state index in [4.69, 9.17) is 0 Å². The minimum Gasteiger partial charge on any atom is -0.392 e. The van der Waals surface area contributed by atoms with E-state index < -0.39 is 0 Å². The van der Waals surface area contributed by atoms with Gasteiger partial charge < -0.3 is 5.11 Å². The van der Waals surface area contributed by atoms with Gasteiger partial charge >= 0.3 is 0 Å². The van der Waals surface area contributed by atoms with Gasteiger partial charge in [-0.3, -0.25) is 5.10 Å². The summed E-state index contributed by atoms with van der Waals surface area (Å²) in [6, 6.07) is 10.0. The van der Waals surface area contributed by atoms with Gasteiger partial charge in [-0.15, -0.1) is 0 Å². The van der Waals surface area contributed by atoms with Gasteiger partial charge in [-0.25, -0.2) is 4.98 Å². The largest absolute Gasteiger partial charge is 0.392 e. The van der Waals surface area contributed by atoms with Crippen molar-refractivity contribution >= 4 is 10.9 Å². The number of nitrogens with one attached hydrogen (secondary N) is 1. The molecule has 0 radical (unpaired) electrons. The van der Waals surface area contributed by atoms with Gasteiger partial charge in [0.15, 0.2) is 0 Å². The van der Waals surface area contributed by atoms with Gasteiger partial charge in [0.25, 0.3) is 0 Å². The fourth-order valence-electron chi connectivity index (χ4n) is 2.20. The van der Waals surface area contributed by atoms with Crippen LogP contribution < -0.4 is 0 Å². The lowest BCUT2D eigenvalue weighted by Crippen LogP contribution is -1.95. The third kappa shape index (κ3) is 2.11. The van der Waals surface area contributed by atoms with Crippen molar-refractivity contribution in [3.05, 3.63) is 47.2 Å². The van der Waals surface area contributed by atoms with E-state index in [1.54, 1.807) is 0 Å². The van der Waals surface area contributed by atoms with Gasteiger partial charge in [0, 0.05) is 16.6 Å². The van der Waals surface area contributed by atoms with E-state index in [0.29, 0.717) is 0 Å². The van der Waals surface area contributed by atoms with Crippen molar-refractivity contribution in [3.63, 3.8) is 0 Å². The van der Waals surface area contributed by atoms with Crippen LogP contribution in [-0.2, 0) is 6.61 Å². The Morgan fingerprint density at radius 2 is 2.00 bits per heavy atom. The van der Waals surface area contributed by atoms with Crippen LogP contribution in [0.25, 0.3) is 22.3 Å². The SMILES string of the molecule is Cc1ccc2cc(CO)c(-c3cc(C)[nH]n3)nc2c1. The number of aliphatic hydroxyl groups is 1. The second-order valence-electron chi connectivity index (χ2n) is 4.79. The highest BCUT2D eigenvalue weighted by Gasteiger charge is 2.11. The normalized spacial score (nSPS) is 11.1. The van der Waals surface area contributed by atoms with Crippen molar-refractivity contribution in [2.24, 2.45) is 0 Å². The lowest BCUT2D eigenvalue weighted by Gasteiger charge is -2.07. The van der Waals surface area contributed by atoms with Crippen LogP contribution >= 0.6 is 0 Å². The summed E-state index contributed by atoms with van der Waals surface area (Å²) in [7, 11) is 0. The molecule has 4 heteroatoms. The number of aryl methyl sites for hydroxylation is 2. The molecule has 0 saturated carbocycles. The van der Waals surface area contributed by atoms with E-state index in [1.165, 1.54) is 5.56 Å². The standard InChI is InChI=1S/C15H15N3O/c1-9-3-4-11-7-12(8-19)15(16-13(11)5-9)14-6-10(2)17-18-14/h3-7,19H,8H2,1-2H3,(H,17,18). The maximum atomic E-state index is 9.52. The molecule has 0 amide bonds. The number of rotatable bonds is 2. The zero-order chi connectivity index (χ0) is 13.4. The topological polar surface area (TPSA) is 61.8 Å². The Morgan fingerprint density at radius 1 is 1.16 bits per heavy atom. The predicted octanol–water partition coefficient (Wildman–Crippen LogP) is 2.73. The van der Waals surface area contributed by atoms with E-state index in [-0.39, 0.29) is 6.61 Å². The Balaban J connectivity index is 2.27. The van der Waals surface area contributed by atoms with Crippen LogP contribution in [-0.4, -0.2) is 20.3 Å². The Kier molecular flexibility index (Phi) is 2.80. The quantitative estimate of drug-likeness (QED) is 0.738. The van der Waals surface area contributed by atoms with E-state index in [9.17, 15) is 5.11 Å². The summed E-state index contributed by atoms with van der Waals surface area (Å²) in [5, 5.41) is 17.7. The molecule has 3 aromatic rings. The number of benzene rings is 1. The van der Waals surface area contributed by atoms with Gasteiger partial charge in [0.05, 0.1) is 17.8 Å². The molecular weight excluding hydrogens is 238 g/mol. The van der Waals surface area contributed by atoms with Crippen LogP contribution in [0.5, 0.6) is 0 Å². The van der Waals surface area contributed by atoms with Crippen molar-refractivity contribution < 1.29 is 5.11 Å². The first kappa shape index (κ1) is 11.9. The highest BCUT2D eigenvalue weighted by Crippen LogP contribution is 2.25. The van der Waals surface area contributed by atoms with Crippen LogP contribution in [0.2, 0.25) is 0 Å². The molecule has 96 valence electrons. The number of fused-ring (bicyclic) bond motifs is 1. The summed E-state index contributed by atoms with van der Waals surface area (Å²) >= 11 is 0. The van der Waals surface area contributed by atoms with Gasteiger partial charge in [-0.2, -0.15) is 5.10 Å². The number of hydrogen-bond donors (Lipinski definition) is 2. The molecule has 2 heterocycles. The summed E-state index contributed by atoms with van der Waals surface area (Å²) in [6.07, 6.45) is 0. The van der Waals surface area contributed by atoms with Gasteiger partial charge in [0.2, 0.25) is 0 Å². The lowest BCUT2D eigenvalue weighted by atomic mass is 10.1. The molecule has 0 aliphatic heterocycles. The molecule has 4 nitrogen and oxygen atoms in total. The monoisotopic (exact) mass is 253 g/mol. The zero-order valence-corrected chi connectivity index (χ0v) is 10.9. The molecule has 1 aromatic carbocycles. The fraction of sp³-hybridized carbons (Fsp3) is 0.200. The maximum Gasteiger partial charge on any atom is 0.111 e. The number of aromatic nitrogens is 3. The van der Waals surface area contributed by atoms with Crippen molar-refractivity contribution in [2.45, 2.75) is 20.5 Å². The molecule has 2 N–H and O–H groups in total. The van der Waals surface area contributed by atoms with Crippen LogP contribution in [0.4, 0.5) is 0 Å². The maximum absolute atomic E-state index is 9.52. The summed E-state index contributed by atoms with van der Waals surface area (Å²) in [5.41, 5.74) is 5.37. The predicted molar refractivity (Wildman–Crippen MR) is 74.7 cm³/mol. The Labute approximate surface area is 111 Å². The molecule has 0 unspecified atom stereocenters. The second kappa shape index (κ2) is 4.48. The van der Waals surface area contributed by atoms with E-state index >= 15 is 0 Å². The van der Waals surface area contributed by atoms with Crippen molar-refractivity contribution in [1.82, 2.24) is 15.2 Å². The summed E-state index contributed by atoms with van der Waals surface area (Å²) in [6.45, 7) is 3.94. The van der Waals surface area contributed by atoms with E-state index in [1.807, 2.05) is 44.2 Å². The minimum atomic E-state index is -0.0436. The first-order valence-electron chi connectivity index (χ1n) is 6.21. The van der Waals surface area contributed by atoms with Gasteiger partial charge in [-0.1, -0.05) is 12.1 Å². The van der Waals surface area contributed by atoms with Gasteiger partial charge in [0.1, 0.15) is 5.69 Å². The van der Waals surface area contributed by atoms with Crippen LogP contribution in [0.3, 0.4) is 0 Å². The van der Waals surface area contributed by atoms with Crippen molar-refractivity contribution in [2.75, 3.05) is 0 Å². The van der Waals surface area contributed by atoms with E-state index in [2.05, 4.69) is 15.2 Å². The number of aromatic amines is 1. The molecule has 0 aliphatic carbocycles. The summed E-state index contributed by atoms with van der Waals surface area (Å²) < 4.78 is 0. The second-order valence-corrected chi connectivity index (χ2v) is 4.79. The smallest absolute Gasteiger partial charge is 0.111 e. The molecule has 2 aromatic heterocycles. The van der Waals surface area contributed by atoms with Crippen LogP contribution in [0, 0.1) is 13.8 Å². The van der Waals surface area contributed by atoms with Crippen molar-refractivity contribution in [3.8, 4) is 11.4 Å². The lowest BCUT2D eigenvalue weighted by molar-refractivity contribution is 0.282. The van der Waals surface area contributed by atoms with E-state index in [0.717, 1.165) is 33.5 Å². The first-order chi connectivity index (χ1) is 9.17. The van der Waals surface area contributed by atoms with Crippen LogP contribution in [0.1, 0.15) is 16.8 Å².